The smallest absolute Gasteiger partial charge is 0.409 e. The Kier molecular flexibility index (Phi) is 5.26. The van der Waals surface area contributed by atoms with Crippen LogP contribution in [0.5, 0.6) is 0 Å². The molecule has 0 aromatic heterocycles. The van der Waals surface area contributed by atoms with Crippen molar-refractivity contribution >= 4 is 11.9 Å². The number of hydrogen-bond acceptors (Lipinski definition) is 3. The number of ether oxygens (including phenoxy) is 1. The van der Waals surface area contributed by atoms with Gasteiger partial charge in [0.1, 0.15) is 0 Å². The summed E-state index contributed by atoms with van der Waals surface area (Å²) in [4.78, 5) is 23.0. The van der Waals surface area contributed by atoms with Crippen molar-refractivity contribution in [1.29, 1.82) is 0 Å². The summed E-state index contributed by atoms with van der Waals surface area (Å²) in [5.74, 6) is -0.503. The molecule has 0 bridgehead atoms. The van der Waals surface area contributed by atoms with E-state index < -0.39 is 36.9 Å². The van der Waals surface area contributed by atoms with Gasteiger partial charge in [0, 0.05) is 13.5 Å². The topological polar surface area (TPSA) is 46.6 Å². The Morgan fingerprint density at radius 2 is 1.88 bits per heavy atom. The van der Waals surface area contributed by atoms with E-state index in [0.717, 1.165) is 18.9 Å². The molecule has 1 atom stereocenters. The van der Waals surface area contributed by atoms with Gasteiger partial charge in [0.05, 0.1) is 13.2 Å². The Balaban J connectivity index is 4.51. The summed E-state index contributed by atoms with van der Waals surface area (Å²) in [5.41, 5.74) is 0. The van der Waals surface area contributed by atoms with E-state index in [9.17, 15) is 22.8 Å². The second-order valence-corrected chi connectivity index (χ2v) is 3.36. The predicted octanol–water partition coefficient (Wildman–Crippen LogP) is 1.98. The summed E-state index contributed by atoms with van der Waals surface area (Å²) < 4.78 is 40.3. The van der Waals surface area contributed by atoms with E-state index in [1.54, 1.807) is 0 Å². The lowest BCUT2D eigenvalue weighted by Crippen LogP contribution is -2.42. The van der Waals surface area contributed by atoms with E-state index in [2.05, 4.69) is 4.74 Å². The average molecular weight is 241 g/mol. The number of hydrogen-bond donors (Lipinski definition) is 0. The van der Waals surface area contributed by atoms with Crippen LogP contribution in [0.4, 0.5) is 18.0 Å². The molecule has 0 saturated carbocycles. The van der Waals surface area contributed by atoms with E-state index in [4.69, 9.17) is 0 Å². The van der Waals surface area contributed by atoms with Crippen molar-refractivity contribution in [1.82, 2.24) is 4.90 Å². The van der Waals surface area contributed by atoms with Gasteiger partial charge >= 0.3 is 12.3 Å². The van der Waals surface area contributed by atoms with E-state index in [0.29, 0.717) is 0 Å². The van der Waals surface area contributed by atoms with Crippen molar-refractivity contribution in [2.24, 2.45) is 0 Å². The molecule has 1 amide bonds. The van der Waals surface area contributed by atoms with Crippen LogP contribution in [0.15, 0.2) is 0 Å². The average Bonchev–Trinajstić information content (AvgIpc) is 2.14. The van der Waals surface area contributed by atoms with Gasteiger partial charge in [-0.15, -0.1) is 0 Å². The zero-order valence-corrected chi connectivity index (χ0v) is 9.30. The summed E-state index contributed by atoms with van der Waals surface area (Å²) in [6.45, 7) is 1.14. The van der Waals surface area contributed by atoms with Crippen LogP contribution < -0.4 is 0 Å². The molecule has 0 heterocycles. The van der Waals surface area contributed by atoms with Crippen molar-refractivity contribution in [2.75, 3.05) is 14.2 Å². The van der Waals surface area contributed by atoms with Gasteiger partial charge in [-0.25, -0.2) is 4.79 Å². The molecule has 7 heteroatoms. The minimum atomic E-state index is -4.34. The molecule has 16 heavy (non-hydrogen) atoms. The molecule has 94 valence electrons. The third kappa shape index (κ3) is 4.99. The van der Waals surface area contributed by atoms with Crippen LogP contribution in [0.2, 0.25) is 0 Å². The molecule has 0 aromatic carbocycles. The first-order valence-electron chi connectivity index (χ1n) is 4.57. The van der Waals surface area contributed by atoms with Crippen LogP contribution in [-0.4, -0.2) is 43.2 Å². The van der Waals surface area contributed by atoms with E-state index in [1.165, 1.54) is 7.05 Å². The molecule has 0 aliphatic heterocycles. The third-order valence-corrected chi connectivity index (χ3v) is 2.10. The Hall–Kier alpha value is -1.27. The lowest BCUT2D eigenvalue weighted by atomic mass is 10.1. The highest BCUT2D eigenvalue weighted by Gasteiger charge is 2.32. The number of carbonyl (C=O) groups is 2. The monoisotopic (exact) mass is 241 g/mol. The van der Waals surface area contributed by atoms with E-state index >= 15 is 0 Å². The van der Waals surface area contributed by atoms with Gasteiger partial charge < -0.3 is 9.64 Å². The fourth-order valence-corrected chi connectivity index (χ4v) is 1.24. The minimum Gasteiger partial charge on any atom is -0.453 e. The zero-order valence-electron chi connectivity index (χ0n) is 9.30. The molecular weight excluding hydrogens is 227 g/mol. The highest BCUT2D eigenvalue weighted by atomic mass is 19.4. The minimum absolute atomic E-state index is 0.454. The summed E-state index contributed by atoms with van der Waals surface area (Å²) in [5, 5.41) is 0. The molecule has 0 radical (unpaired) electrons. The van der Waals surface area contributed by atoms with Crippen LogP contribution in [0.1, 0.15) is 19.8 Å². The Morgan fingerprint density at radius 3 is 2.19 bits per heavy atom. The number of nitrogens with zero attached hydrogens (tertiary/aromatic N) is 1. The lowest BCUT2D eigenvalue weighted by molar-refractivity contribution is -0.140. The molecule has 4 nitrogen and oxygen atoms in total. The molecule has 0 aromatic rings. The molecule has 0 N–H and O–H groups in total. The van der Waals surface area contributed by atoms with Gasteiger partial charge in [0.15, 0.2) is 5.78 Å². The maximum atomic E-state index is 12.0. The van der Waals surface area contributed by atoms with E-state index in [1.807, 2.05) is 0 Å². The number of alkyl halides is 3. The number of halogens is 3. The summed E-state index contributed by atoms with van der Waals surface area (Å²) in [6.07, 6.45) is -6.74. The standard InChI is InChI=1S/C9H14F3NO3/c1-6(14)7(4-5-9(10,11)12)13(2)8(15)16-3/h7H,4-5H2,1-3H3. The van der Waals surface area contributed by atoms with Crippen LogP contribution in [0.3, 0.4) is 0 Å². The fraction of sp³-hybridized carbons (Fsp3) is 0.778. The van der Waals surface area contributed by atoms with E-state index in [-0.39, 0.29) is 0 Å². The molecular formula is C9H14F3NO3. The van der Waals surface area contributed by atoms with Gasteiger partial charge in [-0.05, 0) is 13.3 Å². The molecule has 0 aliphatic carbocycles. The Labute approximate surface area is 91.4 Å². The van der Waals surface area contributed by atoms with Crippen LogP contribution in [-0.2, 0) is 9.53 Å². The number of carbonyl (C=O) groups excluding carboxylic acids is 2. The van der Waals surface area contributed by atoms with Gasteiger partial charge in [0.25, 0.3) is 0 Å². The summed E-state index contributed by atoms with van der Waals surface area (Å²) >= 11 is 0. The maximum Gasteiger partial charge on any atom is 0.409 e. The molecule has 0 saturated heterocycles. The Morgan fingerprint density at radius 1 is 1.38 bits per heavy atom. The molecule has 0 spiro atoms. The zero-order chi connectivity index (χ0) is 12.9. The van der Waals surface area contributed by atoms with Gasteiger partial charge in [-0.3, -0.25) is 4.79 Å². The van der Waals surface area contributed by atoms with Gasteiger partial charge in [-0.2, -0.15) is 13.2 Å². The molecule has 0 rings (SSSR count). The number of Topliss-reactive ketones (excluding diaryl/α,β-unsaturated/α-hetero) is 1. The molecule has 0 fully saturated rings. The van der Waals surface area contributed by atoms with Crippen molar-refractivity contribution in [3.63, 3.8) is 0 Å². The first-order chi connectivity index (χ1) is 7.19. The summed E-state index contributed by atoms with van der Waals surface area (Å²) in [6, 6.07) is -1.10. The van der Waals surface area contributed by atoms with Gasteiger partial charge in [-0.1, -0.05) is 0 Å². The fourth-order valence-electron chi connectivity index (χ4n) is 1.24. The number of methoxy groups -OCH3 is 1. The second kappa shape index (κ2) is 5.72. The van der Waals surface area contributed by atoms with Crippen LogP contribution >= 0.6 is 0 Å². The quantitative estimate of drug-likeness (QED) is 0.756. The number of amides is 1. The lowest BCUT2D eigenvalue weighted by Gasteiger charge is -2.25. The van der Waals surface area contributed by atoms with Crippen molar-refractivity contribution in [2.45, 2.75) is 32.0 Å². The maximum absolute atomic E-state index is 12.0. The highest BCUT2D eigenvalue weighted by molar-refractivity contribution is 5.85. The van der Waals surface area contributed by atoms with Crippen molar-refractivity contribution in [3.8, 4) is 0 Å². The van der Waals surface area contributed by atoms with Gasteiger partial charge in [0.2, 0.25) is 0 Å². The first-order valence-corrected chi connectivity index (χ1v) is 4.57. The second-order valence-electron chi connectivity index (χ2n) is 3.36. The SMILES string of the molecule is COC(=O)N(C)C(CCC(F)(F)F)C(C)=O. The normalized spacial score (nSPS) is 13.1. The number of likely N-dealkylation sites (N-methyl/N-ethyl adjacent to an activating group) is 1. The first kappa shape index (κ1) is 14.7. The van der Waals surface area contributed by atoms with Crippen molar-refractivity contribution < 1.29 is 27.5 Å². The largest absolute Gasteiger partial charge is 0.453 e. The summed E-state index contributed by atoms with van der Waals surface area (Å²) in [7, 11) is 2.33. The molecule has 1 unspecified atom stereocenters. The number of rotatable bonds is 4. The van der Waals surface area contributed by atoms with Crippen LogP contribution in [0, 0.1) is 0 Å². The number of ketones is 1. The Bertz CT molecular complexity index is 265. The molecule has 0 aliphatic rings. The predicted molar refractivity (Wildman–Crippen MR) is 49.9 cm³/mol. The third-order valence-electron chi connectivity index (χ3n) is 2.10. The van der Waals surface area contributed by atoms with Crippen molar-refractivity contribution in [3.05, 3.63) is 0 Å². The van der Waals surface area contributed by atoms with Crippen LogP contribution in [0.25, 0.3) is 0 Å². The highest BCUT2D eigenvalue weighted by Crippen LogP contribution is 2.23.